The molecule has 2 aliphatic heterocycles. The summed E-state index contributed by atoms with van der Waals surface area (Å²) in [7, 11) is 0. The highest BCUT2D eigenvalue weighted by atomic mass is 35.5. The van der Waals surface area contributed by atoms with Crippen molar-refractivity contribution in [2.45, 2.75) is 0 Å². The molecule has 0 saturated heterocycles. The lowest BCUT2D eigenvalue weighted by atomic mass is 10.3. The second-order valence-corrected chi connectivity index (χ2v) is 2.33. The van der Waals surface area contributed by atoms with Crippen molar-refractivity contribution < 1.29 is 4.79 Å². The Morgan fingerprint density at radius 3 is 3.00 bits per heavy atom. The van der Waals surface area contributed by atoms with Crippen LogP contribution in [0.1, 0.15) is 0 Å². The van der Waals surface area contributed by atoms with E-state index in [-0.39, 0.29) is 17.4 Å². The van der Waals surface area contributed by atoms with Crippen LogP contribution in [0.4, 0.5) is 4.79 Å². The summed E-state index contributed by atoms with van der Waals surface area (Å²) in [4.78, 5) is 22.1. The third-order valence-corrected chi connectivity index (χ3v) is 1.52. The maximum absolute atomic E-state index is 10.7. The summed E-state index contributed by atoms with van der Waals surface area (Å²) in [5, 5.41) is 2.34. The van der Waals surface area contributed by atoms with E-state index in [4.69, 9.17) is 12.2 Å². The molecule has 0 aliphatic carbocycles. The van der Waals surface area contributed by atoms with Gasteiger partial charge in [-0.1, -0.05) is 12.2 Å². The Morgan fingerprint density at radius 2 is 2.25 bits per heavy atom. The smallest absolute Gasteiger partial charge is 0.295 e. The summed E-state index contributed by atoms with van der Waals surface area (Å²) < 4.78 is 0. The minimum atomic E-state index is -0.483. The van der Waals surface area contributed by atoms with Gasteiger partial charge in [0.1, 0.15) is 17.0 Å². The SMILES string of the molecule is Cl.O=C1N=C2N=CN=C2C(=S)N1. The molecule has 0 aromatic heterocycles. The molecular weight excluding hydrogens is 200 g/mol. The van der Waals surface area contributed by atoms with Crippen molar-refractivity contribution in [2.75, 3.05) is 0 Å². The number of urea groups is 1. The molecule has 12 heavy (non-hydrogen) atoms. The Hall–Kier alpha value is -1.14. The topological polar surface area (TPSA) is 66.2 Å². The molecule has 0 aromatic carbocycles. The van der Waals surface area contributed by atoms with Gasteiger partial charge in [-0.25, -0.2) is 14.8 Å². The first kappa shape index (κ1) is 8.95. The van der Waals surface area contributed by atoms with E-state index in [0.29, 0.717) is 11.5 Å². The molecule has 2 rings (SSSR count). The number of carbonyl (C=O) groups excluding carboxylic acids is 1. The fourth-order valence-electron chi connectivity index (χ4n) is 0.783. The Bertz CT molecular complexity index is 345. The minimum Gasteiger partial charge on any atom is -0.295 e. The second kappa shape index (κ2) is 3.08. The van der Waals surface area contributed by atoms with Gasteiger partial charge >= 0.3 is 6.03 Å². The Balaban J connectivity index is 0.000000720. The number of amidine groups is 1. The predicted molar refractivity (Wildman–Crippen MR) is 51.7 cm³/mol. The fourth-order valence-corrected chi connectivity index (χ4v) is 1.01. The fraction of sp³-hybridized carbons (Fsp3) is 0. The number of carbonyl (C=O) groups is 1. The third kappa shape index (κ3) is 1.26. The molecule has 62 valence electrons. The van der Waals surface area contributed by atoms with Gasteiger partial charge in [0.15, 0.2) is 5.84 Å². The maximum atomic E-state index is 10.7. The highest BCUT2D eigenvalue weighted by Crippen LogP contribution is 2.01. The summed E-state index contributed by atoms with van der Waals surface area (Å²) in [6, 6.07) is -0.483. The Labute approximate surface area is 79.1 Å². The van der Waals surface area contributed by atoms with E-state index >= 15 is 0 Å². The van der Waals surface area contributed by atoms with Gasteiger partial charge in [0.25, 0.3) is 0 Å². The highest BCUT2D eigenvalue weighted by molar-refractivity contribution is 7.82. The predicted octanol–water partition coefficient (Wildman–Crippen LogP) is 0.340. The zero-order chi connectivity index (χ0) is 7.84. The van der Waals surface area contributed by atoms with E-state index in [1.807, 2.05) is 0 Å². The third-order valence-electron chi connectivity index (χ3n) is 1.22. The maximum Gasteiger partial charge on any atom is 0.348 e. The van der Waals surface area contributed by atoms with E-state index in [1.165, 1.54) is 6.34 Å². The van der Waals surface area contributed by atoms with Crippen molar-refractivity contribution in [3.05, 3.63) is 0 Å². The summed E-state index contributed by atoms with van der Waals surface area (Å²) in [5.41, 5.74) is 0.472. The molecule has 5 nitrogen and oxygen atoms in total. The van der Waals surface area contributed by atoms with E-state index < -0.39 is 6.03 Å². The van der Waals surface area contributed by atoms with Crippen LogP contribution < -0.4 is 5.32 Å². The molecule has 2 aliphatic rings. The van der Waals surface area contributed by atoms with Crippen LogP contribution in [-0.2, 0) is 0 Å². The summed E-state index contributed by atoms with van der Waals surface area (Å²) in [5.74, 6) is 0.304. The first-order chi connectivity index (χ1) is 5.27. The summed E-state index contributed by atoms with van der Waals surface area (Å²) in [6.45, 7) is 0. The highest BCUT2D eigenvalue weighted by Gasteiger charge is 2.24. The van der Waals surface area contributed by atoms with E-state index in [0.717, 1.165) is 0 Å². The molecule has 0 fully saturated rings. The zero-order valence-electron chi connectivity index (χ0n) is 5.64. The largest absolute Gasteiger partial charge is 0.348 e. The van der Waals surface area contributed by atoms with Crippen molar-refractivity contribution in [2.24, 2.45) is 15.0 Å². The van der Waals surface area contributed by atoms with Crippen LogP contribution in [0, 0.1) is 0 Å². The molecule has 7 heteroatoms. The van der Waals surface area contributed by atoms with E-state index in [2.05, 4.69) is 20.3 Å². The molecule has 2 heterocycles. The number of nitrogens with zero attached hydrogens (tertiary/aromatic N) is 3. The van der Waals surface area contributed by atoms with Gasteiger partial charge < -0.3 is 0 Å². The number of thiocarbonyl (C=S) groups is 1. The standard InChI is InChI=1S/C5H2N4OS.ClH/c10-5-8-3-2(4(11)9-5)6-1-7-3;/h1H,(H,9,10,11);1H. The summed E-state index contributed by atoms with van der Waals surface area (Å²) >= 11 is 4.80. The molecule has 0 saturated carbocycles. The summed E-state index contributed by atoms with van der Waals surface area (Å²) in [6.07, 6.45) is 1.32. The van der Waals surface area contributed by atoms with Gasteiger partial charge in [0.2, 0.25) is 0 Å². The van der Waals surface area contributed by atoms with Crippen molar-refractivity contribution >= 4 is 53.5 Å². The number of halogens is 1. The molecule has 1 N–H and O–H groups in total. The average Bonchev–Trinajstić information content (AvgIpc) is 2.34. The van der Waals surface area contributed by atoms with E-state index in [1.54, 1.807) is 0 Å². The molecule has 0 bridgehead atoms. The molecular formula is C5H3ClN4OS. The number of rotatable bonds is 0. The van der Waals surface area contributed by atoms with Crippen LogP contribution >= 0.6 is 24.6 Å². The minimum absolute atomic E-state index is 0. The quantitative estimate of drug-likeness (QED) is 0.576. The number of nitrogens with one attached hydrogen (secondary N) is 1. The zero-order valence-corrected chi connectivity index (χ0v) is 7.28. The Kier molecular flexibility index (Phi) is 2.30. The lowest BCUT2D eigenvalue weighted by Gasteiger charge is -2.08. The van der Waals surface area contributed by atoms with Crippen molar-refractivity contribution in [1.29, 1.82) is 0 Å². The van der Waals surface area contributed by atoms with Gasteiger partial charge in [0, 0.05) is 0 Å². The Morgan fingerprint density at radius 1 is 1.50 bits per heavy atom. The average molecular weight is 203 g/mol. The second-order valence-electron chi connectivity index (χ2n) is 1.92. The lowest BCUT2D eigenvalue weighted by Crippen LogP contribution is -2.40. The first-order valence-electron chi connectivity index (χ1n) is 2.82. The normalized spacial score (nSPS) is 19.0. The lowest BCUT2D eigenvalue weighted by molar-refractivity contribution is 0.253. The molecule has 0 unspecified atom stereocenters. The first-order valence-corrected chi connectivity index (χ1v) is 3.23. The van der Waals surface area contributed by atoms with Gasteiger partial charge in [-0.2, -0.15) is 4.99 Å². The van der Waals surface area contributed by atoms with Crippen LogP contribution in [-0.4, -0.2) is 28.9 Å². The molecule has 0 spiro atoms. The van der Waals surface area contributed by atoms with Crippen LogP contribution in [0.25, 0.3) is 0 Å². The van der Waals surface area contributed by atoms with Crippen LogP contribution in [0.15, 0.2) is 15.0 Å². The number of amides is 2. The molecule has 0 radical (unpaired) electrons. The van der Waals surface area contributed by atoms with Gasteiger partial charge in [0.05, 0.1) is 0 Å². The van der Waals surface area contributed by atoms with Gasteiger partial charge in [-0.15, -0.1) is 12.4 Å². The van der Waals surface area contributed by atoms with Crippen LogP contribution in [0.2, 0.25) is 0 Å². The van der Waals surface area contributed by atoms with E-state index in [9.17, 15) is 4.79 Å². The number of fused-ring (bicyclic) bond motifs is 1. The van der Waals surface area contributed by atoms with Crippen LogP contribution in [0.3, 0.4) is 0 Å². The van der Waals surface area contributed by atoms with Crippen molar-refractivity contribution in [3.63, 3.8) is 0 Å². The number of hydrogen-bond donors (Lipinski definition) is 1. The number of hydrogen-bond acceptors (Lipinski definition) is 4. The number of aliphatic imine (C=N–C) groups is 3. The van der Waals surface area contributed by atoms with Gasteiger partial charge in [-0.3, -0.25) is 5.32 Å². The molecule has 2 amide bonds. The van der Waals surface area contributed by atoms with Crippen molar-refractivity contribution in [1.82, 2.24) is 5.32 Å². The van der Waals surface area contributed by atoms with Crippen molar-refractivity contribution in [3.8, 4) is 0 Å². The van der Waals surface area contributed by atoms with Gasteiger partial charge in [-0.05, 0) is 0 Å². The molecule has 0 atom stereocenters. The monoisotopic (exact) mass is 202 g/mol. The molecule has 0 aromatic rings. The van der Waals surface area contributed by atoms with Crippen LogP contribution in [0.5, 0.6) is 0 Å².